The number of benzene rings is 2. The minimum absolute atomic E-state index is 0.0263. The molecule has 1 heterocycles. The molecule has 0 fully saturated rings. The first-order valence-electron chi connectivity index (χ1n) is 7.29. The summed E-state index contributed by atoms with van der Waals surface area (Å²) in [5.41, 5.74) is 2.53. The highest BCUT2D eigenvalue weighted by atomic mass is 35.5. The Labute approximate surface area is 144 Å². The van der Waals surface area contributed by atoms with Gasteiger partial charge in [0.1, 0.15) is 6.29 Å². The summed E-state index contributed by atoms with van der Waals surface area (Å²) in [6.45, 7) is 0. The summed E-state index contributed by atoms with van der Waals surface area (Å²) in [4.78, 5) is 25.4. The van der Waals surface area contributed by atoms with Crippen LogP contribution in [-0.4, -0.2) is 24.1 Å². The maximum absolute atomic E-state index is 12.5. The Hall–Kier alpha value is -1.84. The molecular weight excluding hydrogens is 333 g/mol. The molecule has 2 aromatic rings. The average Bonchev–Trinajstić information content (AvgIpc) is 2.80. The highest BCUT2D eigenvalue weighted by molar-refractivity contribution is 6.42. The van der Waals surface area contributed by atoms with E-state index >= 15 is 0 Å². The molecule has 0 aliphatic carbocycles. The zero-order chi connectivity index (χ0) is 16.6. The number of nitrogens with zero attached hydrogens (tertiary/aromatic N) is 1. The summed E-state index contributed by atoms with van der Waals surface area (Å²) in [5.74, 6) is -0.193. The lowest BCUT2D eigenvalue weighted by molar-refractivity contribution is -0.108. The van der Waals surface area contributed by atoms with Crippen molar-refractivity contribution in [1.29, 1.82) is 0 Å². The normalized spacial score (nSPS) is 18.0. The Balaban J connectivity index is 2.09. The zero-order valence-electron chi connectivity index (χ0n) is 12.5. The van der Waals surface area contributed by atoms with E-state index in [1.54, 1.807) is 24.1 Å². The molecule has 3 rings (SSSR count). The number of halogens is 2. The molecule has 1 unspecified atom stereocenters. The topological polar surface area (TPSA) is 37.4 Å². The molecule has 0 saturated heterocycles. The Bertz CT molecular complexity index is 775. The van der Waals surface area contributed by atoms with Crippen molar-refractivity contribution < 1.29 is 9.59 Å². The molecule has 0 radical (unpaired) electrons. The van der Waals surface area contributed by atoms with E-state index < -0.39 is 0 Å². The van der Waals surface area contributed by atoms with Crippen molar-refractivity contribution in [2.75, 3.05) is 7.05 Å². The molecule has 0 N–H and O–H groups in total. The van der Waals surface area contributed by atoms with E-state index in [0.29, 0.717) is 22.0 Å². The number of hydrogen-bond donors (Lipinski definition) is 0. The molecule has 0 aromatic heterocycles. The summed E-state index contributed by atoms with van der Waals surface area (Å²) < 4.78 is 0. The predicted octanol–water partition coefficient (Wildman–Crippen LogP) is 4.49. The van der Waals surface area contributed by atoms with Gasteiger partial charge in [-0.3, -0.25) is 4.79 Å². The predicted molar refractivity (Wildman–Crippen MR) is 91.2 cm³/mol. The van der Waals surface area contributed by atoms with Crippen molar-refractivity contribution in [3.05, 3.63) is 69.2 Å². The Kier molecular flexibility index (Phi) is 4.42. The van der Waals surface area contributed by atoms with Gasteiger partial charge < -0.3 is 9.69 Å². The molecular formula is C18H15Cl2NO2. The van der Waals surface area contributed by atoms with Crippen LogP contribution in [0.15, 0.2) is 42.5 Å². The molecule has 5 heteroatoms. The van der Waals surface area contributed by atoms with Crippen LogP contribution >= 0.6 is 23.2 Å². The molecule has 0 bridgehead atoms. The average molecular weight is 348 g/mol. The van der Waals surface area contributed by atoms with E-state index in [2.05, 4.69) is 0 Å². The van der Waals surface area contributed by atoms with E-state index in [4.69, 9.17) is 23.2 Å². The molecule has 1 aliphatic rings. The Morgan fingerprint density at radius 2 is 1.91 bits per heavy atom. The van der Waals surface area contributed by atoms with Crippen molar-refractivity contribution in [2.24, 2.45) is 0 Å². The minimum atomic E-state index is -0.193. The zero-order valence-corrected chi connectivity index (χ0v) is 14.0. The summed E-state index contributed by atoms with van der Waals surface area (Å²) in [7, 11) is 1.77. The monoisotopic (exact) mass is 347 g/mol. The van der Waals surface area contributed by atoms with Crippen molar-refractivity contribution >= 4 is 35.4 Å². The van der Waals surface area contributed by atoms with Gasteiger partial charge in [0.25, 0.3) is 5.91 Å². The third-order valence-electron chi connectivity index (χ3n) is 4.35. The van der Waals surface area contributed by atoms with E-state index in [9.17, 15) is 9.59 Å². The second-order valence-electron chi connectivity index (χ2n) is 5.63. The maximum Gasteiger partial charge on any atom is 0.254 e. The largest absolute Gasteiger partial charge is 0.334 e. The third-order valence-corrected chi connectivity index (χ3v) is 5.09. The smallest absolute Gasteiger partial charge is 0.254 e. The molecule has 118 valence electrons. The summed E-state index contributed by atoms with van der Waals surface area (Å²) in [6.07, 6.45) is 1.18. The lowest BCUT2D eigenvalue weighted by Crippen LogP contribution is -2.28. The first-order chi connectivity index (χ1) is 11.0. The second kappa shape index (κ2) is 6.34. The van der Waals surface area contributed by atoms with Crippen LogP contribution in [0.5, 0.6) is 0 Å². The van der Waals surface area contributed by atoms with Crippen LogP contribution in [0.3, 0.4) is 0 Å². The number of aldehydes is 1. The molecule has 0 spiro atoms. The molecule has 1 aliphatic heterocycles. The number of hydrogen-bond acceptors (Lipinski definition) is 2. The Morgan fingerprint density at radius 1 is 1.17 bits per heavy atom. The molecule has 2 atom stereocenters. The van der Waals surface area contributed by atoms with Crippen LogP contribution in [0.25, 0.3) is 0 Å². The first kappa shape index (κ1) is 16.0. The van der Waals surface area contributed by atoms with Gasteiger partial charge in [0.05, 0.1) is 16.1 Å². The van der Waals surface area contributed by atoms with Crippen molar-refractivity contribution in [2.45, 2.75) is 18.4 Å². The van der Waals surface area contributed by atoms with Crippen LogP contribution in [0.4, 0.5) is 0 Å². The van der Waals surface area contributed by atoms with Crippen LogP contribution < -0.4 is 0 Å². The highest BCUT2D eigenvalue weighted by Gasteiger charge is 2.39. The van der Waals surface area contributed by atoms with Crippen LogP contribution in [-0.2, 0) is 4.79 Å². The van der Waals surface area contributed by atoms with Crippen LogP contribution in [0.2, 0.25) is 10.0 Å². The molecule has 3 nitrogen and oxygen atoms in total. The molecule has 2 aromatic carbocycles. The summed E-state index contributed by atoms with van der Waals surface area (Å²) in [6, 6.07) is 12.7. The van der Waals surface area contributed by atoms with Gasteiger partial charge in [-0.25, -0.2) is 0 Å². The van der Waals surface area contributed by atoms with Gasteiger partial charge in [0.2, 0.25) is 0 Å². The molecule has 23 heavy (non-hydrogen) atoms. The van der Waals surface area contributed by atoms with Gasteiger partial charge in [-0.15, -0.1) is 0 Å². The van der Waals surface area contributed by atoms with E-state index in [-0.39, 0.29) is 17.9 Å². The van der Waals surface area contributed by atoms with Crippen LogP contribution in [0.1, 0.15) is 39.9 Å². The molecule has 0 saturated carbocycles. The maximum atomic E-state index is 12.5. The van der Waals surface area contributed by atoms with Gasteiger partial charge in [0.15, 0.2) is 0 Å². The van der Waals surface area contributed by atoms with Gasteiger partial charge in [0, 0.05) is 24.9 Å². The van der Waals surface area contributed by atoms with Crippen molar-refractivity contribution in [3.8, 4) is 0 Å². The summed E-state index contributed by atoms with van der Waals surface area (Å²) >= 11 is 12.1. The van der Waals surface area contributed by atoms with Crippen molar-refractivity contribution in [1.82, 2.24) is 4.90 Å². The fraction of sp³-hybridized carbons (Fsp3) is 0.222. The minimum Gasteiger partial charge on any atom is -0.334 e. The SMILES string of the molecule is CN1C(=O)c2ccccc2[C@H]1C(CC=O)c1ccc(Cl)c(Cl)c1. The lowest BCUT2D eigenvalue weighted by atomic mass is 9.85. The van der Waals surface area contributed by atoms with Crippen LogP contribution in [0, 0.1) is 0 Å². The Morgan fingerprint density at radius 3 is 2.61 bits per heavy atom. The number of likely N-dealkylation sites (N-methyl/N-ethyl adjacent to an activating group) is 1. The van der Waals surface area contributed by atoms with E-state index in [1.165, 1.54) is 0 Å². The van der Waals surface area contributed by atoms with Gasteiger partial charge in [-0.05, 0) is 29.3 Å². The van der Waals surface area contributed by atoms with Gasteiger partial charge in [-0.1, -0.05) is 47.5 Å². The van der Waals surface area contributed by atoms with E-state index in [1.807, 2.05) is 30.3 Å². The number of fused-ring (bicyclic) bond motifs is 1. The lowest BCUT2D eigenvalue weighted by Gasteiger charge is -2.29. The highest BCUT2D eigenvalue weighted by Crippen LogP contribution is 2.44. The number of amides is 1. The van der Waals surface area contributed by atoms with Gasteiger partial charge in [-0.2, -0.15) is 0 Å². The number of rotatable bonds is 4. The fourth-order valence-electron chi connectivity index (χ4n) is 3.26. The summed E-state index contributed by atoms with van der Waals surface area (Å²) in [5, 5.41) is 0.914. The number of carbonyl (C=O) groups is 2. The molecule has 1 amide bonds. The van der Waals surface area contributed by atoms with Gasteiger partial charge >= 0.3 is 0 Å². The fourth-order valence-corrected chi connectivity index (χ4v) is 3.56. The van der Waals surface area contributed by atoms with E-state index in [0.717, 1.165) is 17.4 Å². The standard InChI is InChI=1S/C18H15Cl2NO2/c1-21-17(13-4-2-3-5-14(13)18(21)23)12(8-9-22)11-6-7-15(19)16(20)10-11/h2-7,9-10,12,17H,8H2,1H3/t12?,17-/m1/s1. The quantitative estimate of drug-likeness (QED) is 0.764. The first-order valence-corrected chi connectivity index (χ1v) is 8.05. The number of carbonyl (C=O) groups excluding carboxylic acids is 2. The van der Waals surface area contributed by atoms with Crippen molar-refractivity contribution in [3.63, 3.8) is 0 Å². The second-order valence-corrected chi connectivity index (χ2v) is 6.44. The third kappa shape index (κ3) is 2.75.